The summed E-state index contributed by atoms with van der Waals surface area (Å²) in [6.07, 6.45) is 1.98. The molecule has 1 aromatic rings. The van der Waals surface area contributed by atoms with Gasteiger partial charge in [-0.3, -0.25) is 0 Å². The van der Waals surface area contributed by atoms with E-state index in [-0.39, 0.29) is 5.76 Å². The molecule has 0 aliphatic carbocycles. The summed E-state index contributed by atoms with van der Waals surface area (Å²) >= 11 is 0. The Kier molecular flexibility index (Phi) is 6.35. The minimum Gasteiger partial charge on any atom is -0.475 e. The lowest BCUT2D eigenvalue weighted by atomic mass is 10.4. The van der Waals surface area contributed by atoms with Gasteiger partial charge in [0.2, 0.25) is 5.76 Å². The van der Waals surface area contributed by atoms with Crippen molar-refractivity contribution in [3.63, 3.8) is 0 Å². The van der Waals surface area contributed by atoms with Gasteiger partial charge in [0, 0.05) is 13.2 Å². The van der Waals surface area contributed by atoms with Gasteiger partial charge in [0.05, 0.1) is 6.54 Å². The molecule has 0 aliphatic rings. The van der Waals surface area contributed by atoms with Crippen LogP contribution in [0.25, 0.3) is 0 Å². The average Bonchev–Trinajstić information content (AvgIpc) is 2.77. The molecule has 0 fully saturated rings. The molecule has 0 amide bonds. The summed E-state index contributed by atoms with van der Waals surface area (Å²) in [5.41, 5.74) is 0. The van der Waals surface area contributed by atoms with Crippen molar-refractivity contribution in [1.29, 1.82) is 0 Å². The fraction of sp³-hybridized carbons (Fsp3) is 0.583. The molecular formula is C12H19NO4. The third-order valence-corrected chi connectivity index (χ3v) is 2.16. The van der Waals surface area contributed by atoms with Crippen LogP contribution in [0.3, 0.4) is 0 Å². The van der Waals surface area contributed by atoms with E-state index in [0.717, 1.165) is 32.6 Å². The number of rotatable bonds is 9. The Labute approximate surface area is 101 Å². The Balaban J connectivity index is 2.07. The van der Waals surface area contributed by atoms with Gasteiger partial charge in [-0.1, -0.05) is 6.92 Å². The largest absolute Gasteiger partial charge is 0.475 e. The molecule has 96 valence electrons. The molecule has 17 heavy (non-hydrogen) atoms. The monoisotopic (exact) mass is 241 g/mol. The number of ether oxygens (including phenoxy) is 1. The van der Waals surface area contributed by atoms with Gasteiger partial charge >= 0.3 is 5.97 Å². The van der Waals surface area contributed by atoms with Crippen molar-refractivity contribution in [2.24, 2.45) is 0 Å². The third-order valence-electron chi connectivity index (χ3n) is 2.16. The van der Waals surface area contributed by atoms with Crippen LogP contribution in [0.1, 0.15) is 36.1 Å². The number of nitrogens with one attached hydrogen (secondary N) is 1. The first kappa shape index (κ1) is 13.7. The molecule has 0 atom stereocenters. The van der Waals surface area contributed by atoms with Crippen LogP contribution in [-0.2, 0) is 11.3 Å². The van der Waals surface area contributed by atoms with Crippen molar-refractivity contribution in [3.05, 3.63) is 23.7 Å². The minimum atomic E-state index is -1.04. The quantitative estimate of drug-likeness (QED) is 0.646. The van der Waals surface area contributed by atoms with Crippen LogP contribution < -0.4 is 5.32 Å². The number of carboxylic acid groups (broad SMARTS) is 1. The SMILES string of the molecule is CCCOCCCNCc1ccc(C(=O)O)o1. The normalized spacial score (nSPS) is 10.6. The molecule has 0 radical (unpaired) electrons. The molecule has 2 N–H and O–H groups in total. The lowest BCUT2D eigenvalue weighted by molar-refractivity contribution is 0.0660. The first-order valence-corrected chi connectivity index (χ1v) is 5.84. The van der Waals surface area contributed by atoms with Gasteiger partial charge in [-0.25, -0.2) is 4.79 Å². The van der Waals surface area contributed by atoms with Gasteiger partial charge in [-0.15, -0.1) is 0 Å². The molecule has 0 spiro atoms. The van der Waals surface area contributed by atoms with Crippen LogP contribution in [0.5, 0.6) is 0 Å². The summed E-state index contributed by atoms with van der Waals surface area (Å²) in [7, 11) is 0. The molecule has 1 heterocycles. The highest BCUT2D eigenvalue weighted by Crippen LogP contribution is 2.07. The van der Waals surface area contributed by atoms with Crippen LogP contribution in [0, 0.1) is 0 Å². The lowest BCUT2D eigenvalue weighted by Crippen LogP contribution is -2.16. The highest BCUT2D eigenvalue weighted by atomic mass is 16.5. The fourth-order valence-electron chi connectivity index (χ4n) is 1.35. The highest BCUT2D eigenvalue weighted by molar-refractivity contribution is 5.84. The second-order valence-electron chi connectivity index (χ2n) is 3.71. The topological polar surface area (TPSA) is 71.7 Å². The van der Waals surface area contributed by atoms with Gasteiger partial charge in [0.15, 0.2) is 0 Å². The van der Waals surface area contributed by atoms with E-state index in [1.54, 1.807) is 6.07 Å². The zero-order chi connectivity index (χ0) is 12.5. The van der Waals surface area contributed by atoms with E-state index < -0.39 is 5.97 Å². The van der Waals surface area contributed by atoms with Crippen molar-refractivity contribution in [2.75, 3.05) is 19.8 Å². The van der Waals surface area contributed by atoms with Crippen molar-refractivity contribution in [1.82, 2.24) is 5.32 Å². The molecule has 0 saturated heterocycles. The summed E-state index contributed by atoms with van der Waals surface area (Å²) in [6, 6.07) is 3.13. The molecule has 1 rings (SSSR count). The molecular weight excluding hydrogens is 222 g/mol. The third kappa shape index (κ3) is 5.51. The van der Waals surface area contributed by atoms with E-state index in [0.29, 0.717) is 12.3 Å². The van der Waals surface area contributed by atoms with Gasteiger partial charge in [0.25, 0.3) is 0 Å². The number of hydrogen-bond acceptors (Lipinski definition) is 4. The van der Waals surface area contributed by atoms with E-state index in [2.05, 4.69) is 12.2 Å². The maximum atomic E-state index is 10.6. The second kappa shape index (κ2) is 7.86. The lowest BCUT2D eigenvalue weighted by Gasteiger charge is -2.03. The number of aromatic carboxylic acids is 1. The zero-order valence-corrected chi connectivity index (χ0v) is 10.1. The molecule has 1 aromatic heterocycles. The highest BCUT2D eigenvalue weighted by Gasteiger charge is 2.07. The summed E-state index contributed by atoms with van der Waals surface area (Å²) in [5.74, 6) is -0.422. The van der Waals surface area contributed by atoms with E-state index in [9.17, 15) is 4.79 Å². The molecule has 5 nitrogen and oxygen atoms in total. The van der Waals surface area contributed by atoms with E-state index in [4.69, 9.17) is 14.3 Å². The standard InChI is InChI=1S/C12H19NO4/c1-2-7-16-8-3-6-13-9-10-4-5-11(17-10)12(14)15/h4-5,13H,2-3,6-9H2,1H3,(H,14,15). The average molecular weight is 241 g/mol. The number of carboxylic acids is 1. The molecule has 0 saturated carbocycles. The predicted octanol–water partition coefficient (Wildman–Crippen LogP) is 1.88. The van der Waals surface area contributed by atoms with Gasteiger partial charge in [0.1, 0.15) is 5.76 Å². The first-order chi connectivity index (χ1) is 8.24. The molecule has 0 aromatic carbocycles. The molecule has 0 unspecified atom stereocenters. The van der Waals surface area contributed by atoms with E-state index >= 15 is 0 Å². The van der Waals surface area contributed by atoms with Crippen molar-refractivity contribution in [2.45, 2.75) is 26.3 Å². The Morgan fingerprint density at radius 3 is 2.94 bits per heavy atom. The van der Waals surface area contributed by atoms with Crippen LogP contribution in [0.15, 0.2) is 16.5 Å². The van der Waals surface area contributed by atoms with Crippen molar-refractivity contribution < 1.29 is 19.1 Å². The first-order valence-electron chi connectivity index (χ1n) is 5.84. The Morgan fingerprint density at radius 1 is 1.47 bits per heavy atom. The number of carbonyl (C=O) groups is 1. The van der Waals surface area contributed by atoms with Crippen LogP contribution in [0.4, 0.5) is 0 Å². The van der Waals surface area contributed by atoms with Gasteiger partial charge in [-0.2, -0.15) is 0 Å². The van der Waals surface area contributed by atoms with Crippen molar-refractivity contribution in [3.8, 4) is 0 Å². The van der Waals surface area contributed by atoms with Crippen molar-refractivity contribution >= 4 is 5.97 Å². The Bertz CT molecular complexity index is 335. The fourth-order valence-corrected chi connectivity index (χ4v) is 1.35. The number of hydrogen-bond donors (Lipinski definition) is 2. The van der Waals surface area contributed by atoms with Crippen LogP contribution in [-0.4, -0.2) is 30.8 Å². The summed E-state index contributed by atoms with van der Waals surface area (Å²) in [6.45, 7) is 5.00. The van der Waals surface area contributed by atoms with Crippen LogP contribution >= 0.6 is 0 Å². The summed E-state index contributed by atoms with van der Waals surface area (Å²) < 4.78 is 10.4. The molecule has 0 bridgehead atoms. The van der Waals surface area contributed by atoms with E-state index in [1.807, 2.05) is 0 Å². The number of furan rings is 1. The molecule has 0 aliphatic heterocycles. The predicted molar refractivity (Wildman–Crippen MR) is 63.1 cm³/mol. The Hall–Kier alpha value is -1.33. The van der Waals surface area contributed by atoms with Gasteiger partial charge in [-0.05, 0) is 31.5 Å². The zero-order valence-electron chi connectivity index (χ0n) is 10.1. The van der Waals surface area contributed by atoms with Crippen LogP contribution in [0.2, 0.25) is 0 Å². The maximum absolute atomic E-state index is 10.6. The van der Waals surface area contributed by atoms with Gasteiger partial charge < -0.3 is 19.6 Å². The smallest absolute Gasteiger partial charge is 0.371 e. The minimum absolute atomic E-state index is 0.0203. The summed E-state index contributed by atoms with van der Waals surface area (Å²) in [4.78, 5) is 10.6. The summed E-state index contributed by atoms with van der Waals surface area (Å²) in [5, 5.41) is 11.8. The van der Waals surface area contributed by atoms with E-state index in [1.165, 1.54) is 6.07 Å². The molecule has 5 heteroatoms. The maximum Gasteiger partial charge on any atom is 0.371 e. The Morgan fingerprint density at radius 2 is 2.29 bits per heavy atom. The second-order valence-corrected chi connectivity index (χ2v) is 3.71.